The minimum Gasteiger partial charge on any atom is -0.385 e. The molecule has 0 aromatic heterocycles. The third kappa shape index (κ3) is 4.95. The molecule has 1 aromatic rings. The molecule has 0 bridgehead atoms. The standard InChI is InChI=1S/C20H28Cl2N2O5S/c1-3-18-20(25)23(6-4-5-7-28-2)11-14-12-29-13-19(14)24(18)30(26,27)17-9-15(21)8-16(22)10-17/h8-10,14,18-19H,3-7,11-13H2,1-2H3. The number of rotatable bonds is 8. The number of carbonyl (C=O) groups is 1. The van der Waals surface area contributed by atoms with E-state index in [4.69, 9.17) is 32.7 Å². The van der Waals surface area contributed by atoms with Gasteiger partial charge in [-0.1, -0.05) is 30.1 Å². The Balaban J connectivity index is 1.97. The number of methoxy groups -OCH3 is 1. The van der Waals surface area contributed by atoms with Crippen LogP contribution < -0.4 is 0 Å². The largest absolute Gasteiger partial charge is 0.385 e. The molecule has 1 aromatic carbocycles. The van der Waals surface area contributed by atoms with Crippen LogP contribution in [0.5, 0.6) is 0 Å². The quantitative estimate of drug-likeness (QED) is 0.536. The van der Waals surface area contributed by atoms with E-state index in [0.717, 1.165) is 12.8 Å². The van der Waals surface area contributed by atoms with Gasteiger partial charge < -0.3 is 14.4 Å². The molecule has 0 spiro atoms. The van der Waals surface area contributed by atoms with Crippen molar-refractivity contribution in [2.24, 2.45) is 5.92 Å². The molecule has 3 rings (SSSR count). The molecular weight excluding hydrogens is 451 g/mol. The maximum atomic E-state index is 13.7. The van der Waals surface area contributed by atoms with Gasteiger partial charge in [0.25, 0.3) is 0 Å². The number of ether oxygens (including phenoxy) is 2. The predicted octanol–water partition coefficient (Wildman–Crippen LogP) is 3.05. The molecule has 2 heterocycles. The van der Waals surface area contributed by atoms with E-state index in [1.54, 1.807) is 12.0 Å². The topological polar surface area (TPSA) is 76.2 Å². The molecule has 10 heteroatoms. The zero-order valence-corrected chi connectivity index (χ0v) is 19.5. The summed E-state index contributed by atoms with van der Waals surface area (Å²) in [7, 11) is -2.37. The number of carbonyl (C=O) groups excluding carboxylic acids is 1. The summed E-state index contributed by atoms with van der Waals surface area (Å²) in [6.45, 7) is 4.19. The Labute approximate surface area is 188 Å². The van der Waals surface area contributed by atoms with Crippen molar-refractivity contribution in [3.8, 4) is 0 Å². The predicted molar refractivity (Wildman–Crippen MR) is 115 cm³/mol. The summed E-state index contributed by atoms with van der Waals surface area (Å²) in [5.74, 6) is -0.252. The molecule has 1 amide bonds. The second-order valence-corrected chi connectivity index (χ2v) is 10.4. The number of benzene rings is 1. The van der Waals surface area contributed by atoms with Gasteiger partial charge in [0.15, 0.2) is 0 Å². The van der Waals surface area contributed by atoms with Gasteiger partial charge in [-0.25, -0.2) is 8.42 Å². The van der Waals surface area contributed by atoms with Crippen LogP contribution >= 0.6 is 23.2 Å². The van der Waals surface area contributed by atoms with E-state index in [1.165, 1.54) is 22.5 Å². The van der Waals surface area contributed by atoms with E-state index < -0.39 is 22.1 Å². The number of hydrogen-bond donors (Lipinski definition) is 0. The highest BCUT2D eigenvalue weighted by Gasteiger charge is 2.49. The highest BCUT2D eigenvalue weighted by Crippen LogP contribution is 2.35. The molecule has 2 fully saturated rings. The van der Waals surface area contributed by atoms with E-state index in [1.807, 2.05) is 6.92 Å². The van der Waals surface area contributed by atoms with E-state index in [-0.39, 0.29) is 33.4 Å². The number of amides is 1. The van der Waals surface area contributed by atoms with Crippen molar-refractivity contribution < 1.29 is 22.7 Å². The number of nitrogens with zero attached hydrogens (tertiary/aromatic N) is 2. The number of hydrogen-bond acceptors (Lipinski definition) is 5. The number of halogens is 2. The number of unbranched alkanes of at least 4 members (excludes halogenated alkanes) is 1. The van der Waals surface area contributed by atoms with Gasteiger partial charge in [-0.15, -0.1) is 0 Å². The molecule has 30 heavy (non-hydrogen) atoms. The Kier molecular flexibility index (Phi) is 8.03. The van der Waals surface area contributed by atoms with E-state index >= 15 is 0 Å². The summed E-state index contributed by atoms with van der Waals surface area (Å²) < 4.78 is 39.4. The lowest BCUT2D eigenvalue weighted by Gasteiger charge is -2.33. The Morgan fingerprint density at radius 3 is 2.50 bits per heavy atom. The molecule has 7 nitrogen and oxygen atoms in total. The first-order valence-corrected chi connectivity index (χ1v) is 12.3. The van der Waals surface area contributed by atoms with Gasteiger partial charge in [0, 0.05) is 42.8 Å². The van der Waals surface area contributed by atoms with Crippen molar-refractivity contribution in [3.05, 3.63) is 28.2 Å². The summed E-state index contributed by atoms with van der Waals surface area (Å²) in [6.07, 6.45) is 2.00. The maximum Gasteiger partial charge on any atom is 0.244 e. The van der Waals surface area contributed by atoms with Crippen LogP contribution in [0, 0.1) is 5.92 Å². The lowest BCUT2D eigenvalue weighted by Crippen LogP contribution is -2.52. The van der Waals surface area contributed by atoms with Crippen molar-refractivity contribution in [1.82, 2.24) is 9.21 Å². The van der Waals surface area contributed by atoms with Crippen LogP contribution in [0.1, 0.15) is 26.2 Å². The van der Waals surface area contributed by atoms with Crippen LogP contribution in [-0.4, -0.2) is 75.6 Å². The van der Waals surface area contributed by atoms with E-state index in [9.17, 15) is 13.2 Å². The van der Waals surface area contributed by atoms with Crippen LogP contribution in [0.3, 0.4) is 0 Å². The zero-order valence-electron chi connectivity index (χ0n) is 17.2. The first-order chi connectivity index (χ1) is 14.3. The van der Waals surface area contributed by atoms with Gasteiger partial charge in [-0.2, -0.15) is 4.31 Å². The summed E-state index contributed by atoms with van der Waals surface area (Å²) in [4.78, 5) is 15.2. The third-order valence-electron chi connectivity index (χ3n) is 5.68. The minimum absolute atomic E-state index is 0.00885. The second-order valence-electron chi connectivity index (χ2n) is 7.71. The lowest BCUT2D eigenvalue weighted by atomic mass is 10.0. The fraction of sp³-hybridized carbons (Fsp3) is 0.650. The smallest absolute Gasteiger partial charge is 0.244 e. The average Bonchev–Trinajstić information content (AvgIpc) is 3.10. The monoisotopic (exact) mass is 478 g/mol. The molecule has 2 aliphatic heterocycles. The van der Waals surface area contributed by atoms with Crippen LogP contribution in [0.25, 0.3) is 0 Å². The minimum atomic E-state index is -4.01. The molecular formula is C20H28Cl2N2O5S. The molecule has 2 aliphatic rings. The van der Waals surface area contributed by atoms with Gasteiger partial charge >= 0.3 is 0 Å². The fourth-order valence-corrected chi connectivity index (χ4v) is 6.83. The van der Waals surface area contributed by atoms with E-state index in [2.05, 4.69) is 0 Å². The Hall–Kier alpha value is -0.900. The maximum absolute atomic E-state index is 13.7. The number of fused-ring (bicyclic) bond motifs is 1. The van der Waals surface area contributed by atoms with Crippen molar-refractivity contribution in [3.63, 3.8) is 0 Å². The third-order valence-corrected chi connectivity index (χ3v) is 8.02. The summed E-state index contributed by atoms with van der Waals surface area (Å²) in [6, 6.07) is 3.02. The van der Waals surface area contributed by atoms with Crippen LogP contribution in [0.4, 0.5) is 0 Å². The van der Waals surface area contributed by atoms with E-state index in [0.29, 0.717) is 32.7 Å². The molecule has 0 aliphatic carbocycles. The molecule has 0 saturated carbocycles. The summed E-state index contributed by atoms with van der Waals surface area (Å²) >= 11 is 12.1. The Morgan fingerprint density at radius 2 is 1.87 bits per heavy atom. The van der Waals surface area contributed by atoms with Crippen LogP contribution in [0.2, 0.25) is 10.0 Å². The summed E-state index contributed by atoms with van der Waals surface area (Å²) in [5, 5.41) is 0.462. The van der Waals surface area contributed by atoms with Crippen LogP contribution in [0.15, 0.2) is 23.1 Å². The molecule has 0 N–H and O–H groups in total. The van der Waals surface area contributed by atoms with Crippen molar-refractivity contribution >= 4 is 39.1 Å². The normalized spacial score (nSPS) is 25.4. The summed E-state index contributed by atoms with van der Waals surface area (Å²) in [5.41, 5.74) is 0. The first kappa shape index (κ1) is 23.8. The Morgan fingerprint density at radius 1 is 1.17 bits per heavy atom. The average molecular weight is 479 g/mol. The SMILES string of the molecule is CCC1C(=O)N(CCCCOC)CC2COCC2N1S(=O)(=O)c1cc(Cl)cc(Cl)c1. The first-order valence-electron chi connectivity index (χ1n) is 10.1. The van der Waals surface area contributed by atoms with Crippen molar-refractivity contribution in [2.75, 3.05) is 40.0 Å². The molecule has 168 valence electrons. The lowest BCUT2D eigenvalue weighted by molar-refractivity contribution is -0.134. The zero-order chi connectivity index (χ0) is 21.9. The fourth-order valence-electron chi connectivity index (χ4n) is 4.22. The molecule has 0 radical (unpaired) electrons. The second kappa shape index (κ2) is 10.1. The van der Waals surface area contributed by atoms with Crippen molar-refractivity contribution in [1.29, 1.82) is 0 Å². The van der Waals surface area contributed by atoms with Gasteiger partial charge in [-0.3, -0.25) is 4.79 Å². The van der Waals surface area contributed by atoms with Gasteiger partial charge in [0.05, 0.1) is 24.2 Å². The molecule has 3 atom stereocenters. The van der Waals surface area contributed by atoms with Crippen molar-refractivity contribution in [2.45, 2.75) is 43.2 Å². The number of sulfonamides is 1. The van der Waals surface area contributed by atoms with Gasteiger partial charge in [0.1, 0.15) is 6.04 Å². The Bertz CT molecular complexity index is 847. The highest BCUT2D eigenvalue weighted by atomic mass is 35.5. The van der Waals surface area contributed by atoms with Crippen LogP contribution in [-0.2, 0) is 24.3 Å². The highest BCUT2D eigenvalue weighted by molar-refractivity contribution is 7.89. The molecule has 3 unspecified atom stereocenters. The van der Waals surface area contributed by atoms with Gasteiger partial charge in [0.2, 0.25) is 15.9 Å². The van der Waals surface area contributed by atoms with Gasteiger partial charge in [-0.05, 0) is 37.5 Å². The molecule has 2 saturated heterocycles.